The Kier molecular flexibility index (Phi) is 5.06. The predicted molar refractivity (Wildman–Crippen MR) is 130 cm³/mol. The maximum atomic E-state index is 13.5. The van der Waals surface area contributed by atoms with Gasteiger partial charge in [-0.05, 0) is 82.1 Å². The lowest BCUT2D eigenvalue weighted by Gasteiger charge is -2.64. The van der Waals surface area contributed by atoms with Gasteiger partial charge in [0.15, 0.2) is 12.3 Å². The van der Waals surface area contributed by atoms with Crippen LogP contribution in [-0.2, 0) is 16.1 Å². The highest BCUT2D eigenvalue weighted by molar-refractivity contribution is 5.67. The van der Waals surface area contributed by atoms with Crippen LogP contribution in [-0.4, -0.2) is 35.3 Å². The van der Waals surface area contributed by atoms with Gasteiger partial charge >= 0.3 is 0 Å². The Hall–Kier alpha value is -1.39. The fraction of sp³-hybridized carbons (Fsp3) is 0.759. The molecule has 4 nitrogen and oxygen atoms in total. The molecule has 4 bridgehead atoms. The van der Waals surface area contributed by atoms with Gasteiger partial charge in [0.05, 0.1) is 23.7 Å². The molecular formula is C29H41NO3. The number of hydrogen-bond donors (Lipinski definition) is 0. The van der Waals surface area contributed by atoms with E-state index in [1.54, 1.807) is 0 Å². The standard InChI is InChI=1S/C29H41NO3/c1-26(2)24(33-26)13-16-27(3)22-12-17-28-14-7-11-23(28)29(27,20-30(31)25(22)28)15-8-18-32-19-21-9-5-4-6-10-21/h4-6,9-10,20,22-25H,7-8,11-19H2,1-3H3/t22?,23-,24?,25+,27-,28+,29+/m0/s1. The second kappa shape index (κ2) is 7.55. The SMILES string of the molecule is CC1(C)OC1CC[C@@]1(C)C2CC[C@]34CCC[C@@H]3[C@@]1(CCCOCc1ccccc1)C=[N+]([O-])[C@H]24. The molecule has 7 rings (SSSR count). The highest BCUT2D eigenvalue weighted by Crippen LogP contribution is 2.77. The Morgan fingerprint density at radius 1 is 1.09 bits per heavy atom. The van der Waals surface area contributed by atoms with Crippen molar-refractivity contribution in [2.24, 2.45) is 28.1 Å². The minimum atomic E-state index is 0.0102. The van der Waals surface area contributed by atoms with E-state index < -0.39 is 0 Å². The summed E-state index contributed by atoms with van der Waals surface area (Å²) in [5.41, 5.74) is 1.76. The van der Waals surface area contributed by atoms with Gasteiger partial charge in [-0.3, -0.25) is 0 Å². The molecule has 3 aliphatic carbocycles. The van der Waals surface area contributed by atoms with Crippen molar-refractivity contribution < 1.29 is 14.2 Å². The maximum absolute atomic E-state index is 13.5. The van der Waals surface area contributed by atoms with E-state index in [2.05, 4.69) is 51.3 Å². The van der Waals surface area contributed by atoms with E-state index in [-0.39, 0.29) is 27.9 Å². The van der Waals surface area contributed by atoms with Gasteiger partial charge in [-0.25, -0.2) is 4.74 Å². The van der Waals surface area contributed by atoms with Crippen LogP contribution in [0.15, 0.2) is 30.3 Å². The van der Waals surface area contributed by atoms with Crippen molar-refractivity contribution in [2.45, 2.75) is 103 Å². The van der Waals surface area contributed by atoms with Gasteiger partial charge in [-0.15, -0.1) is 0 Å². The molecule has 3 aliphatic heterocycles. The minimum Gasteiger partial charge on any atom is -0.624 e. The van der Waals surface area contributed by atoms with E-state index in [1.807, 2.05) is 6.07 Å². The number of hydrogen-bond acceptors (Lipinski definition) is 3. The fourth-order valence-electron chi connectivity index (χ4n) is 9.38. The largest absolute Gasteiger partial charge is 0.624 e. The molecule has 1 spiro atoms. The third-order valence-corrected chi connectivity index (χ3v) is 10.9. The molecule has 4 fully saturated rings. The number of benzene rings is 1. The van der Waals surface area contributed by atoms with Gasteiger partial charge in [0.25, 0.3) is 0 Å². The summed E-state index contributed by atoms with van der Waals surface area (Å²) in [4.78, 5) is 0. The number of ether oxygens (including phenoxy) is 2. The molecular weight excluding hydrogens is 410 g/mol. The van der Waals surface area contributed by atoms with Crippen LogP contribution in [0.4, 0.5) is 0 Å². The predicted octanol–water partition coefficient (Wildman–Crippen LogP) is 6.11. The summed E-state index contributed by atoms with van der Waals surface area (Å²) in [5.74, 6) is 1.20. The summed E-state index contributed by atoms with van der Waals surface area (Å²) in [5, 5.41) is 13.5. The van der Waals surface area contributed by atoms with Crippen LogP contribution in [0.1, 0.15) is 84.1 Å². The van der Waals surface area contributed by atoms with Crippen molar-refractivity contribution in [1.82, 2.24) is 0 Å². The van der Waals surface area contributed by atoms with Crippen LogP contribution < -0.4 is 0 Å². The first kappa shape index (κ1) is 22.1. The molecule has 0 amide bonds. The molecule has 7 atom stereocenters. The molecule has 2 unspecified atom stereocenters. The normalized spacial score (nSPS) is 44.0. The van der Waals surface area contributed by atoms with Crippen LogP contribution in [0.2, 0.25) is 0 Å². The first-order valence-corrected chi connectivity index (χ1v) is 13.4. The van der Waals surface area contributed by atoms with Crippen molar-refractivity contribution in [1.29, 1.82) is 0 Å². The highest BCUT2D eigenvalue weighted by atomic mass is 16.6. The molecule has 33 heavy (non-hydrogen) atoms. The van der Waals surface area contributed by atoms with Gasteiger partial charge in [0, 0.05) is 17.9 Å². The summed E-state index contributed by atoms with van der Waals surface area (Å²) in [7, 11) is 0. The lowest BCUT2D eigenvalue weighted by atomic mass is 9.40. The quantitative estimate of drug-likeness (QED) is 0.197. The molecule has 3 heterocycles. The first-order valence-electron chi connectivity index (χ1n) is 13.4. The number of rotatable bonds is 9. The molecule has 0 aromatic heterocycles. The third kappa shape index (κ3) is 3.12. The van der Waals surface area contributed by atoms with Crippen molar-refractivity contribution in [3.63, 3.8) is 0 Å². The maximum Gasteiger partial charge on any atom is 0.172 e. The minimum absolute atomic E-state index is 0.0102. The van der Waals surface area contributed by atoms with Gasteiger partial charge in [-0.2, -0.15) is 0 Å². The lowest BCUT2D eigenvalue weighted by molar-refractivity contribution is -0.561. The second-order valence-electron chi connectivity index (χ2n) is 12.6. The van der Waals surface area contributed by atoms with Crippen molar-refractivity contribution in [2.75, 3.05) is 6.61 Å². The second-order valence-corrected chi connectivity index (χ2v) is 12.6. The first-order chi connectivity index (χ1) is 15.8. The van der Waals surface area contributed by atoms with Gasteiger partial charge in [0.2, 0.25) is 0 Å². The molecule has 180 valence electrons. The van der Waals surface area contributed by atoms with E-state index in [0.717, 1.165) is 25.9 Å². The van der Waals surface area contributed by atoms with Crippen molar-refractivity contribution in [3.05, 3.63) is 41.1 Å². The molecule has 1 aromatic carbocycles. The zero-order chi connectivity index (χ0) is 22.9. The van der Waals surface area contributed by atoms with Crippen molar-refractivity contribution >= 4 is 6.21 Å². The molecule has 0 radical (unpaired) electrons. The summed E-state index contributed by atoms with van der Waals surface area (Å²) in [6.45, 7) is 8.44. The van der Waals surface area contributed by atoms with Crippen LogP contribution in [0.5, 0.6) is 0 Å². The monoisotopic (exact) mass is 451 g/mol. The Labute approximate surface area is 199 Å². The Balaban J connectivity index is 1.24. The molecule has 4 heteroatoms. The zero-order valence-corrected chi connectivity index (χ0v) is 20.7. The summed E-state index contributed by atoms with van der Waals surface area (Å²) in [6, 6.07) is 10.7. The van der Waals surface area contributed by atoms with Gasteiger partial charge in [-0.1, -0.05) is 43.7 Å². The summed E-state index contributed by atoms with van der Waals surface area (Å²) >= 11 is 0. The third-order valence-electron chi connectivity index (χ3n) is 10.9. The molecule has 0 N–H and O–H groups in total. The molecule has 1 saturated heterocycles. The van der Waals surface area contributed by atoms with Gasteiger partial charge in [0.1, 0.15) is 0 Å². The summed E-state index contributed by atoms with van der Waals surface area (Å²) < 4.78 is 13.6. The van der Waals surface area contributed by atoms with E-state index in [4.69, 9.17) is 9.47 Å². The molecule has 1 aromatic rings. The smallest absolute Gasteiger partial charge is 0.172 e. The number of nitrogens with zero attached hydrogens (tertiary/aromatic N) is 1. The topological polar surface area (TPSA) is 47.8 Å². The van der Waals surface area contributed by atoms with Crippen LogP contribution >= 0.6 is 0 Å². The fourth-order valence-corrected chi connectivity index (χ4v) is 9.38. The Bertz CT molecular complexity index is 928. The van der Waals surface area contributed by atoms with E-state index in [0.29, 0.717) is 24.5 Å². The van der Waals surface area contributed by atoms with Crippen LogP contribution in [0.25, 0.3) is 0 Å². The average molecular weight is 452 g/mol. The Morgan fingerprint density at radius 2 is 1.88 bits per heavy atom. The van der Waals surface area contributed by atoms with Crippen LogP contribution in [0.3, 0.4) is 0 Å². The molecule has 6 aliphatic rings. The number of hydroxylamine groups is 1. The van der Waals surface area contributed by atoms with Crippen LogP contribution in [0, 0.1) is 33.3 Å². The number of epoxide rings is 1. The Morgan fingerprint density at radius 3 is 2.64 bits per heavy atom. The van der Waals surface area contributed by atoms with Gasteiger partial charge < -0.3 is 14.7 Å². The average Bonchev–Trinajstić information content (AvgIpc) is 3.14. The van der Waals surface area contributed by atoms with E-state index in [9.17, 15) is 5.21 Å². The lowest BCUT2D eigenvalue weighted by Crippen LogP contribution is -2.69. The van der Waals surface area contributed by atoms with Crippen molar-refractivity contribution in [3.8, 4) is 0 Å². The molecule has 3 saturated carbocycles. The van der Waals surface area contributed by atoms with E-state index >= 15 is 0 Å². The summed E-state index contributed by atoms with van der Waals surface area (Å²) in [6.07, 6.45) is 13.4. The highest BCUT2D eigenvalue weighted by Gasteiger charge is 2.79. The zero-order valence-electron chi connectivity index (χ0n) is 20.7. The van der Waals surface area contributed by atoms with E-state index in [1.165, 1.54) is 48.8 Å².